The van der Waals surface area contributed by atoms with Gasteiger partial charge in [-0.2, -0.15) is 0 Å². The number of alkyl halides is 1. The minimum absolute atomic E-state index is 0.0267. The maximum absolute atomic E-state index is 11.6. The van der Waals surface area contributed by atoms with Crippen LogP contribution >= 0.6 is 15.9 Å². The molecule has 3 nitrogen and oxygen atoms in total. The monoisotopic (exact) mass is 263 g/mol. The molecule has 0 aromatic carbocycles. The number of rotatable bonds is 2. The van der Waals surface area contributed by atoms with Crippen molar-refractivity contribution in [3.05, 3.63) is 0 Å². The molecule has 0 bridgehead atoms. The van der Waals surface area contributed by atoms with Crippen LogP contribution in [0.25, 0.3) is 0 Å². The molecule has 0 saturated heterocycles. The van der Waals surface area contributed by atoms with Gasteiger partial charge >= 0.3 is 0 Å². The predicted octanol–water partition coefficient (Wildman–Crippen LogP) is 1.58. The van der Waals surface area contributed by atoms with Crippen LogP contribution < -0.4 is 5.32 Å². The Balaban J connectivity index is 2.35. The highest BCUT2D eigenvalue weighted by Crippen LogP contribution is 2.21. The Labute approximate surface area is 93.4 Å². The van der Waals surface area contributed by atoms with Gasteiger partial charge in [-0.15, -0.1) is 0 Å². The first-order chi connectivity index (χ1) is 6.39. The summed E-state index contributed by atoms with van der Waals surface area (Å²) in [6, 6.07) is 0.239. The fourth-order valence-electron chi connectivity index (χ4n) is 1.58. The Bertz CT molecular complexity index is 205. The molecule has 1 amide bonds. The van der Waals surface area contributed by atoms with E-state index in [4.69, 9.17) is 0 Å². The summed E-state index contributed by atoms with van der Waals surface area (Å²) < 4.78 is -0.497. The van der Waals surface area contributed by atoms with Crippen molar-refractivity contribution in [1.29, 1.82) is 0 Å². The standard InChI is InChI=1S/C10H18BrNO2/c1-10(2,11)9(14)12-7-3-5-8(13)6-4-7/h7-8,13H,3-6H2,1-2H3,(H,12,14). The van der Waals surface area contributed by atoms with Crippen LogP contribution in [0.4, 0.5) is 0 Å². The smallest absolute Gasteiger partial charge is 0.236 e. The predicted molar refractivity (Wildman–Crippen MR) is 59.4 cm³/mol. The number of nitrogens with one attached hydrogen (secondary N) is 1. The van der Waals surface area contributed by atoms with Crippen molar-refractivity contribution in [1.82, 2.24) is 5.32 Å². The van der Waals surface area contributed by atoms with Crippen molar-refractivity contribution in [3.8, 4) is 0 Å². The molecule has 14 heavy (non-hydrogen) atoms. The molecule has 0 heterocycles. The van der Waals surface area contributed by atoms with Crippen LogP contribution in [-0.4, -0.2) is 27.5 Å². The Hall–Kier alpha value is -0.0900. The molecule has 1 saturated carbocycles. The van der Waals surface area contributed by atoms with E-state index in [0.717, 1.165) is 25.7 Å². The first-order valence-electron chi connectivity index (χ1n) is 5.07. The zero-order valence-corrected chi connectivity index (χ0v) is 10.3. The number of carbonyl (C=O) groups excluding carboxylic acids is 1. The molecule has 1 aliphatic carbocycles. The molecular weight excluding hydrogens is 246 g/mol. The van der Waals surface area contributed by atoms with Gasteiger partial charge < -0.3 is 10.4 Å². The van der Waals surface area contributed by atoms with E-state index in [-0.39, 0.29) is 18.1 Å². The summed E-state index contributed by atoms with van der Waals surface area (Å²) in [5.41, 5.74) is 0. The van der Waals surface area contributed by atoms with Crippen molar-refractivity contribution in [2.75, 3.05) is 0 Å². The van der Waals surface area contributed by atoms with E-state index in [2.05, 4.69) is 21.2 Å². The van der Waals surface area contributed by atoms with Crippen molar-refractivity contribution in [2.24, 2.45) is 0 Å². The number of amides is 1. The Morgan fingerprint density at radius 1 is 1.36 bits per heavy atom. The number of hydrogen-bond donors (Lipinski definition) is 2. The van der Waals surface area contributed by atoms with Gasteiger partial charge in [0.1, 0.15) is 0 Å². The lowest BCUT2D eigenvalue weighted by atomic mass is 9.93. The Morgan fingerprint density at radius 3 is 2.29 bits per heavy atom. The lowest BCUT2D eigenvalue weighted by Gasteiger charge is -2.28. The second kappa shape index (κ2) is 4.62. The van der Waals surface area contributed by atoms with E-state index in [1.54, 1.807) is 0 Å². The number of aliphatic hydroxyl groups is 1. The molecule has 0 aromatic rings. The van der Waals surface area contributed by atoms with E-state index in [1.165, 1.54) is 0 Å². The SMILES string of the molecule is CC(C)(Br)C(=O)NC1CCC(O)CC1. The summed E-state index contributed by atoms with van der Waals surface area (Å²) in [5, 5.41) is 12.3. The molecule has 1 fully saturated rings. The summed E-state index contributed by atoms with van der Waals surface area (Å²) in [5.74, 6) is 0.0267. The zero-order valence-electron chi connectivity index (χ0n) is 8.72. The van der Waals surface area contributed by atoms with Crippen LogP contribution in [0.1, 0.15) is 39.5 Å². The average molecular weight is 264 g/mol. The summed E-state index contributed by atoms with van der Waals surface area (Å²) in [4.78, 5) is 11.6. The van der Waals surface area contributed by atoms with Crippen molar-refractivity contribution in [2.45, 2.75) is 56.0 Å². The lowest BCUT2D eigenvalue weighted by molar-refractivity contribution is -0.123. The van der Waals surface area contributed by atoms with E-state index in [0.29, 0.717) is 0 Å². The highest BCUT2D eigenvalue weighted by atomic mass is 79.9. The zero-order chi connectivity index (χ0) is 10.8. The van der Waals surface area contributed by atoms with Crippen LogP contribution in [0.5, 0.6) is 0 Å². The third-order valence-electron chi connectivity index (χ3n) is 2.57. The maximum atomic E-state index is 11.6. The van der Waals surface area contributed by atoms with Gasteiger partial charge in [0.25, 0.3) is 0 Å². The average Bonchev–Trinajstić information content (AvgIpc) is 2.07. The van der Waals surface area contributed by atoms with E-state index in [9.17, 15) is 9.90 Å². The van der Waals surface area contributed by atoms with Crippen molar-refractivity contribution >= 4 is 21.8 Å². The number of aliphatic hydroxyl groups excluding tert-OH is 1. The second-order valence-electron chi connectivity index (χ2n) is 4.45. The van der Waals surface area contributed by atoms with E-state index < -0.39 is 4.32 Å². The highest BCUT2D eigenvalue weighted by molar-refractivity contribution is 9.10. The minimum Gasteiger partial charge on any atom is -0.393 e. The number of hydrogen-bond acceptors (Lipinski definition) is 2. The summed E-state index contributed by atoms with van der Waals surface area (Å²) in [6.45, 7) is 3.67. The first kappa shape index (κ1) is 12.0. The molecular formula is C10H18BrNO2. The number of halogens is 1. The largest absolute Gasteiger partial charge is 0.393 e. The molecule has 0 spiro atoms. The van der Waals surface area contributed by atoms with Gasteiger partial charge in [-0.1, -0.05) is 15.9 Å². The molecule has 4 heteroatoms. The third kappa shape index (κ3) is 3.58. The van der Waals surface area contributed by atoms with E-state index in [1.807, 2.05) is 13.8 Å². The Morgan fingerprint density at radius 2 is 1.86 bits per heavy atom. The van der Waals surface area contributed by atoms with Gasteiger partial charge in [-0.05, 0) is 39.5 Å². The molecule has 0 unspecified atom stereocenters. The van der Waals surface area contributed by atoms with Gasteiger partial charge in [0, 0.05) is 6.04 Å². The molecule has 0 radical (unpaired) electrons. The molecule has 0 atom stereocenters. The third-order valence-corrected chi connectivity index (χ3v) is 2.93. The van der Waals surface area contributed by atoms with Crippen LogP contribution in [-0.2, 0) is 4.79 Å². The van der Waals surface area contributed by atoms with Gasteiger partial charge in [0.15, 0.2) is 0 Å². The second-order valence-corrected chi connectivity index (χ2v) is 6.43. The highest BCUT2D eigenvalue weighted by Gasteiger charge is 2.27. The molecule has 0 aromatic heterocycles. The fourth-order valence-corrected chi connectivity index (χ4v) is 1.69. The van der Waals surface area contributed by atoms with Crippen LogP contribution in [0.2, 0.25) is 0 Å². The normalized spacial score (nSPS) is 28.6. The summed E-state index contributed by atoms with van der Waals surface area (Å²) in [7, 11) is 0. The quantitative estimate of drug-likeness (QED) is 0.744. The molecule has 0 aliphatic heterocycles. The molecule has 1 rings (SSSR count). The Kier molecular flexibility index (Phi) is 3.95. The van der Waals surface area contributed by atoms with Gasteiger partial charge in [-0.3, -0.25) is 4.79 Å². The molecule has 82 valence electrons. The minimum atomic E-state index is -0.497. The summed E-state index contributed by atoms with van der Waals surface area (Å²) in [6.07, 6.45) is 3.20. The number of carbonyl (C=O) groups is 1. The van der Waals surface area contributed by atoms with Crippen LogP contribution in [0.15, 0.2) is 0 Å². The maximum Gasteiger partial charge on any atom is 0.236 e. The van der Waals surface area contributed by atoms with Gasteiger partial charge in [0.05, 0.1) is 10.4 Å². The van der Waals surface area contributed by atoms with Crippen molar-refractivity contribution < 1.29 is 9.90 Å². The van der Waals surface area contributed by atoms with Crippen LogP contribution in [0, 0.1) is 0 Å². The lowest BCUT2D eigenvalue weighted by Crippen LogP contribution is -2.45. The van der Waals surface area contributed by atoms with E-state index >= 15 is 0 Å². The topological polar surface area (TPSA) is 49.3 Å². The molecule has 2 N–H and O–H groups in total. The fraction of sp³-hybridized carbons (Fsp3) is 0.900. The van der Waals surface area contributed by atoms with Crippen LogP contribution in [0.3, 0.4) is 0 Å². The van der Waals surface area contributed by atoms with Gasteiger partial charge in [0.2, 0.25) is 5.91 Å². The van der Waals surface area contributed by atoms with Crippen molar-refractivity contribution in [3.63, 3.8) is 0 Å². The van der Waals surface area contributed by atoms with Gasteiger partial charge in [-0.25, -0.2) is 0 Å². The summed E-state index contributed by atoms with van der Waals surface area (Å²) >= 11 is 3.32. The molecule has 1 aliphatic rings. The first-order valence-corrected chi connectivity index (χ1v) is 5.87.